The zero-order chi connectivity index (χ0) is 26.0. The average molecular weight is 505 g/mol. The van der Waals surface area contributed by atoms with Crippen LogP contribution in [0, 0.1) is 6.92 Å². The van der Waals surface area contributed by atoms with E-state index < -0.39 is 17.6 Å². The van der Waals surface area contributed by atoms with Crippen LogP contribution in [0.5, 0.6) is 0 Å². The molecule has 1 fully saturated rings. The summed E-state index contributed by atoms with van der Waals surface area (Å²) in [6.07, 6.45) is -2.60. The Kier molecular flexibility index (Phi) is 6.65. The quantitative estimate of drug-likeness (QED) is 0.323. The minimum absolute atomic E-state index is 0.0270. The number of aryl methyl sites for hydroxylation is 1. The first-order chi connectivity index (χ1) is 17.8. The number of halogens is 3. The lowest BCUT2D eigenvalue weighted by Crippen LogP contribution is -2.46. The summed E-state index contributed by atoms with van der Waals surface area (Å²) in [5, 5.41) is 2.77. The van der Waals surface area contributed by atoms with Crippen LogP contribution < -0.4 is 15.1 Å². The number of H-pyrrole nitrogens is 1. The van der Waals surface area contributed by atoms with Gasteiger partial charge in [0.25, 0.3) is 5.91 Å². The van der Waals surface area contributed by atoms with Gasteiger partial charge >= 0.3 is 6.18 Å². The van der Waals surface area contributed by atoms with Gasteiger partial charge in [0.05, 0.1) is 5.56 Å². The number of aromatic nitrogens is 1. The molecule has 2 heterocycles. The summed E-state index contributed by atoms with van der Waals surface area (Å²) in [5.74, 6) is 0.565. The number of piperazine rings is 1. The van der Waals surface area contributed by atoms with Gasteiger partial charge in [0.1, 0.15) is 5.82 Å². The Hall–Kier alpha value is -4.20. The van der Waals surface area contributed by atoms with E-state index in [1.807, 2.05) is 24.4 Å². The molecule has 0 bridgehead atoms. The number of hydrogen-bond acceptors (Lipinski definition) is 3. The predicted molar refractivity (Wildman–Crippen MR) is 141 cm³/mol. The Morgan fingerprint density at radius 1 is 0.865 bits per heavy atom. The molecule has 4 aromatic rings. The van der Waals surface area contributed by atoms with Crippen LogP contribution in [0.2, 0.25) is 0 Å². The highest BCUT2D eigenvalue weighted by Gasteiger charge is 2.32. The molecule has 5 rings (SSSR count). The summed E-state index contributed by atoms with van der Waals surface area (Å²) in [5.41, 5.74) is 3.01. The van der Waals surface area contributed by atoms with Crippen molar-refractivity contribution in [3.63, 3.8) is 0 Å². The molecule has 0 unspecified atom stereocenters. The molecule has 1 aromatic heterocycles. The molecule has 1 aliphatic rings. The Morgan fingerprint density at radius 3 is 2.16 bits per heavy atom. The number of amides is 1. The second kappa shape index (κ2) is 10.0. The molecule has 0 atom stereocenters. The van der Waals surface area contributed by atoms with Gasteiger partial charge in [0.15, 0.2) is 0 Å². The maximum atomic E-state index is 13.4. The maximum Gasteiger partial charge on any atom is 0.416 e. The monoisotopic (exact) mass is 504 g/mol. The molecule has 37 heavy (non-hydrogen) atoms. The van der Waals surface area contributed by atoms with Gasteiger partial charge in [-0.1, -0.05) is 36.4 Å². The van der Waals surface area contributed by atoms with Crippen molar-refractivity contribution in [3.8, 4) is 11.1 Å². The predicted octanol–water partition coefficient (Wildman–Crippen LogP) is 6.59. The highest BCUT2D eigenvalue weighted by molar-refractivity contribution is 6.09. The van der Waals surface area contributed by atoms with Crippen LogP contribution in [0.25, 0.3) is 11.1 Å². The molecular formula is C29H27F3N4O. The number of carbonyl (C=O) groups excluding carboxylic acids is 1. The minimum atomic E-state index is -4.55. The minimum Gasteiger partial charge on any atom is -0.368 e. The van der Waals surface area contributed by atoms with Crippen LogP contribution in [-0.4, -0.2) is 37.1 Å². The van der Waals surface area contributed by atoms with Crippen molar-refractivity contribution in [2.24, 2.45) is 0 Å². The Balaban J connectivity index is 1.30. The summed E-state index contributed by atoms with van der Waals surface area (Å²) in [7, 11) is 0. The van der Waals surface area contributed by atoms with Crippen LogP contribution in [-0.2, 0) is 6.18 Å². The van der Waals surface area contributed by atoms with Gasteiger partial charge in [0, 0.05) is 49.3 Å². The number of nitrogens with one attached hydrogen (secondary N) is 2. The fraction of sp³-hybridized carbons (Fsp3) is 0.207. The number of aromatic amines is 1. The van der Waals surface area contributed by atoms with E-state index in [1.165, 1.54) is 11.6 Å². The van der Waals surface area contributed by atoms with Gasteiger partial charge in [-0.3, -0.25) is 4.79 Å². The third-order valence-corrected chi connectivity index (χ3v) is 6.69. The lowest BCUT2D eigenvalue weighted by molar-refractivity contribution is -0.137. The molecule has 0 saturated carbocycles. The second-order valence-electron chi connectivity index (χ2n) is 9.11. The van der Waals surface area contributed by atoms with E-state index in [0.29, 0.717) is 16.8 Å². The first kappa shape index (κ1) is 24.5. The van der Waals surface area contributed by atoms with Crippen LogP contribution >= 0.6 is 0 Å². The molecule has 5 nitrogen and oxygen atoms in total. The first-order valence-corrected chi connectivity index (χ1v) is 12.1. The summed E-state index contributed by atoms with van der Waals surface area (Å²) in [4.78, 5) is 21.1. The molecule has 190 valence electrons. The van der Waals surface area contributed by atoms with E-state index in [4.69, 9.17) is 0 Å². The number of benzene rings is 3. The Bertz CT molecular complexity index is 1370. The molecule has 1 aliphatic heterocycles. The molecule has 1 amide bonds. The SMILES string of the molecule is Cc1cc[nH]c1N1CCN(c2ccc(NC(=O)c3cc(C(F)(F)F)ccc3-c3ccccc3)cc2)CC1. The highest BCUT2D eigenvalue weighted by atomic mass is 19.4. The van der Waals surface area contributed by atoms with Crippen molar-refractivity contribution < 1.29 is 18.0 Å². The normalized spacial score (nSPS) is 14.1. The number of rotatable bonds is 5. The zero-order valence-corrected chi connectivity index (χ0v) is 20.3. The van der Waals surface area contributed by atoms with Gasteiger partial charge in [-0.15, -0.1) is 0 Å². The smallest absolute Gasteiger partial charge is 0.368 e. The van der Waals surface area contributed by atoms with Crippen molar-refractivity contribution in [1.82, 2.24) is 4.98 Å². The number of nitrogens with zero attached hydrogens (tertiary/aromatic N) is 2. The van der Waals surface area contributed by atoms with Crippen LogP contribution in [0.1, 0.15) is 21.5 Å². The topological polar surface area (TPSA) is 51.4 Å². The van der Waals surface area contributed by atoms with Crippen molar-refractivity contribution in [2.75, 3.05) is 41.3 Å². The van der Waals surface area contributed by atoms with Crippen molar-refractivity contribution in [1.29, 1.82) is 0 Å². The molecule has 2 N–H and O–H groups in total. The Labute approximate surface area is 213 Å². The summed E-state index contributed by atoms with van der Waals surface area (Å²) in [6, 6.07) is 21.7. The molecule has 0 spiro atoms. The van der Waals surface area contributed by atoms with Gasteiger partial charge < -0.3 is 20.1 Å². The lowest BCUT2D eigenvalue weighted by Gasteiger charge is -2.37. The molecular weight excluding hydrogens is 477 g/mol. The molecule has 8 heteroatoms. The van der Waals surface area contributed by atoms with Gasteiger partial charge in [-0.2, -0.15) is 13.2 Å². The fourth-order valence-electron chi connectivity index (χ4n) is 4.70. The fourth-order valence-corrected chi connectivity index (χ4v) is 4.70. The van der Waals surface area contributed by atoms with E-state index in [1.54, 1.807) is 36.4 Å². The highest BCUT2D eigenvalue weighted by Crippen LogP contribution is 2.34. The summed E-state index contributed by atoms with van der Waals surface area (Å²) < 4.78 is 40.2. The van der Waals surface area contributed by atoms with Crippen molar-refractivity contribution in [2.45, 2.75) is 13.1 Å². The molecule has 3 aromatic carbocycles. The van der Waals surface area contributed by atoms with Crippen molar-refractivity contribution in [3.05, 3.63) is 102 Å². The number of carbonyl (C=O) groups is 1. The number of anilines is 3. The van der Waals surface area contributed by atoms with Gasteiger partial charge in [-0.25, -0.2) is 0 Å². The van der Waals surface area contributed by atoms with Crippen LogP contribution in [0.3, 0.4) is 0 Å². The zero-order valence-electron chi connectivity index (χ0n) is 20.3. The number of alkyl halides is 3. The average Bonchev–Trinajstić information content (AvgIpc) is 3.34. The largest absolute Gasteiger partial charge is 0.416 e. The molecule has 1 saturated heterocycles. The summed E-state index contributed by atoms with van der Waals surface area (Å²) >= 11 is 0. The van der Waals surface area contributed by atoms with Crippen LogP contribution in [0.15, 0.2) is 85.1 Å². The molecule has 0 aliphatic carbocycles. The number of hydrogen-bond donors (Lipinski definition) is 2. The van der Waals surface area contributed by atoms with E-state index in [0.717, 1.165) is 49.8 Å². The lowest BCUT2D eigenvalue weighted by atomic mass is 9.96. The van der Waals surface area contributed by atoms with Gasteiger partial charge in [-0.05, 0) is 66.1 Å². The van der Waals surface area contributed by atoms with Crippen molar-refractivity contribution >= 4 is 23.1 Å². The van der Waals surface area contributed by atoms with Gasteiger partial charge in [0.2, 0.25) is 0 Å². The summed E-state index contributed by atoms with van der Waals surface area (Å²) in [6.45, 7) is 5.58. The standard InChI is InChI=1S/C29H27F3N4O/c1-20-13-14-33-27(20)36-17-15-35(16-18-36)24-10-8-23(9-11-24)34-28(37)26-19-22(29(30,31)32)7-12-25(26)21-5-3-2-4-6-21/h2-14,19,33H,15-18H2,1H3,(H,34,37). The molecule has 0 radical (unpaired) electrons. The second-order valence-corrected chi connectivity index (χ2v) is 9.11. The first-order valence-electron chi connectivity index (χ1n) is 12.1. The van der Waals surface area contributed by atoms with E-state index in [9.17, 15) is 18.0 Å². The van der Waals surface area contributed by atoms with E-state index in [2.05, 4.69) is 33.1 Å². The maximum absolute atomic E-state index is 13.4. The van der Waals surface area contributed by atoms with Crippen LogP contribution in [0.4, 0.5) is 30.4 Å². The Morgan fingerprint density at radius 2 is 1.54 bits per heavy atom. The third-order valence-electron chi connectivity index (χ3n) is 6.69. The third kappa shape index (κ3) is 5.33. The van der Waals surface area contributed by atoms with E-state index >= 15 is 0 Å². The van der Waals surface area contributed by atoms with E-state index in [-0.39, 0.29) is 5.56 Å².